The molecule has 1 fully saturated rings. The molecule has 1 saturated carbocycles. The quantitative estimate of drug-likeness (QED) is 0.686. The molecule has 2 atom stereocenters. The van der Waals surface area contributed by atoms with Crippen LogP contribution in [0.3, 0.4) is 0 Å². The molecule has 1 aliphatic carbocycles. The lowest BCUT2D eigenvalue weighted by Crippen LogP contribution is -2.18. The fourth-order valence-corrected chi connectivity index (χ4v) is 2.11. The van der Waals surface area contributed by atoms with Gasteiger partial charge < -0.3 is 5.11 Å². The van der Waals surface area contributed by atoms with Gasteiger partial charge in [-0.3, -0.25) is 0 Å². The topological polar surface area (TPSA) is 20.2 Å². The van der Waals surface area contributed by atoms with Crippen molar-refractivity contribution in [3.8, 4) is 0 Å². The lowest BCUT2D eigenvalue weighted by molar-refractivity contribution is 0.168. The molecule has 0 amide bonds. The van der Waals surface area contributed by atoms with Crippen molar-refractivity contribution in [1.82, 2.24) is 0 Å². The molecule has 0 spiro atoms. The lowest BCUT2D eigenvalue weighted by Gasteiger charge is -2.27. The molecule has 0 aliphatic heterocycles. The van der Waals surface area contributed by atoms with Crippen molar-refractivity contribution < 1.29 is 5.11 Å². The van der Waals surface area contributed by atoms with E-state index in [9.17, 15) is 0 Å². The molecule has 1 aliphatic rings. The second-order valence-corrected chi connectivity index (χ2v) is 4.00. The fourth-order valence-electron chi connectivity index (χ4n) is 2.11. The summed E-state index contributed by atoms with van der Waals surface area (Å²) in [6, 6.07) is 0. The minimum atomic E-state index is 0.399. The van der Waals surface area contributed by atoms with Gasteiger partial charge in [-0.15, -0.1) is 0 Å². The Kier molecular flexibility index (Phi) is 4.67. The van der Waals surface area contributed by atoms with Gasteiger partial charge in [-0.1, -0.05) is 32.6 Å². The summed E-state index contributed by atoms with van der Waals surface area (Å²) in [5, 5.41) is 9.02. The number of unbranched alkanes of at least 4 members (excludes halogenated alkanes) is 1. The molecule has 0 saturated heterocycles. The third-order valence-electron chi connectivity index (χ3n) is 2.87. The van der Waals surface area contributed by atoms with Gasteiger partial charge in [0.05, 0.1) is 0 Å². The largest absolute Gasteiger partial charge is 0.396 e. The summed E-state index contributed by atoms with van der Waals surface area (Å²) in [6.07, 6.45) is 10.1. The van der Waals surface area contributed by atoms with Crippen molar-refractivity contribution >= 4 is 0 Å². The SMILES string of the molecule is CCC[CH]C1CCCC(CO)C1. The average Bonchev–Trinajstić information content (AvgIpc) is 2.15. The van der Waals surface area contributed by atoms with Gasteiger partial charge >= 0.3 is 0 Å². The van der Waals surface area contributed by atoms with E-state index >= 15 is 0 Å². The van der Waals surface area contributed by atoms with Crippen molar-refractivity contribution in [2.45, 2.75) is 45.4 Å². The second kappa shape index (κ2) is 5.58. The van der Waals surface area contributed by atoms with E-state index in [-0.39, 0.29) is 0 Å². The van der Waals surface area contributed by atoms with Gasteiger partial charge in [0, 0.05) is 6.61 Å². The third kappa shape index (κ3) is 3.14. The van der Waals surface area contributed by atoms with Crippen molar-refractivity contribution in [1.29, 1.82) is 0 Å². The molecule has 1 radical (unpaired) electrons. The van der Waals surface area contributed by atoms with E-state index < -0.39 is 0 Å². The van der Waals surface area contributed by atoms with Crippen LogP contribution in [0, 0.1) is 18.3 Å². The molecular weight excluding hydrogens is 148 g/mol. The van der Waals surface area contributed by atoms with Crippen molar-refractivity contribution in [3.63, 3.8) is 0 Å². The summed E-state index contributed by atoms with van der Waals surface area (Å²) in [4.78, 5) is 0. The zero-order chi connectivity index (χ0) is 8.81. The Bertz CT molecular complexity index is 112. The first-order valence-corrected chi connectivity index (χ1v) is 5.31. The standard InChI is InChI=1S/C11H21O/c1-2-3-5-10-6-4-7-11(8-10)9-12/h5,10-12H,2-4,6-9H2,1H3. The maximum atomic E-state index is 9.02. The molecule has 1 rings (SSSR count). The van der Waals surface area contributed by atoms with E-state index in [0.29, 0.717) is 12.5 Å². The highest BCUT2D eigenvalue weighted by molar-refractivity contribution is 4.82. The Labute approximate surface area is 76.2 Å². The Morgan fingerprint density at radius 1 is 1.42 bits per heavy atom. The highest BCUT2D eigenvalue weighted by atomic mass is 16.3. The van der Waals surface area contributed by atoms with E-state index in [4.69, 9.17) is 5.11 Å². The number of hydrogen-bond donors (Lipinski definition) is 1. The van der Waals surface area contributed by atoms with Crippen molar-refractivity contribution in [2.24, 2.45) is 11.8 Å². The van der Waals surface area contributed by atoms with Crippen LogP contribution in [0.1, 0.15) is 45.4 Å². The number of aliphatic hydroxyl groups is 1. The fraction of sp³-hybridized carbons (Fsp3) is 0.909. The van der Waals surface area contributed by atoms with Crippen molar-refractivity contribution in [2.75, 3.05) is 6.61 Å². The highest BCUT2D eigenvalue weighted by Crippen LogP contribution is 2.31. The van der Waals surface area contributed by atoms with E-state index in [1.54, 1.807) is 0 Å². The Morgan fingerprint density at radius 2 is 2.25 bits per heavy atom. The molecule has 2 unspecified atom stereocenters. The second-order valence-electron chi connectivity index (χ2n) is 4.00. The molecule has 71 valence electrons. The summed E-state index contributed by atoms with van der Waals surface area (Å²) < 4.78 is 0. The van der Waals surface area contributed by atoms with Gasteiger partial charge in [0.2, 0.25) is 0 Å². The van der Waals surface area contributed by atoms with E-state index in [2.05, 4.69) is 13.3 Å². The maximum absolute atomic E-state index is 9.02. The van der Waals surface area contributed by atoms with Crippen LogP contribution in [0.15, 0.2) is 0 Å². The highest BCUT2D eigenvalue weighted by Gasteiger charge is 2.20. The van der Waals surface area contributed by atoms with Crippen LogP contribution in [0.2, 0.25) is 0 Å². The van der Waals surface area contributed by atoms with Crippen LogP contribution in [0.25, 0.3) is 0 Å². The summed E-state index contributed by atoms with van der Waals surface area (Å²) in [7, 11) is 0. The van der Waals surface area contributed by atoms with Gasteiger partial charge in [0.25, 0.3) is 0 Å². The van der Waals surface area contributed by atoms with Gasteiger partial charge in [-0.25, -0.2) is 0 Å². The van der Waals surface area contributed by atoms with Gasteiger partial charge in [0.1, 0.15) is 0 Å². The first-order valence-electron chi connectivity index (χ1n) is 5.31. The first-order chi connectivity index (χ1) is 5.86. The molecule has 1 nitrogen and oxygen atoms in total. The van der Waals surface area contributed by atoms with Crippen LogP contribution in [0.4, 0.5) is 0 Å². The van der Waals surface area contributed by atoms with E-state index in [1.165, 1.54) is 38.5 Å². The van der Waals surface area contributed by atoms with Gasteiger partial charge in [-0.05, 0) is 31.1 Å². The third-order valence-corrected chi connectivity index (χ3v) is 2.87. The molecule has 1 heteroatoms. The first kappa shape index (κ1) is 10.0. The molecule has 0 aromatic heterocycles. The van der Waals surface area contributed by atoms with E-state index in [0.717, 1.165) is 5.92 Å². The zero-order valence-electron chi connectivity index (χ0n) is 8.13. The molecule has 0 aromatic rings. The molecule has 1 N–H and O–H groups in total. The molecule has 0 bridgehead atoms. The van der Waals surface area contributed by atoms with Crippen LogP contribution < -0.4 is 0 Å². The molecule has 0 heterocycles. The van der Waals surface area contributed by atoms with Gasteiger partial charge in [-0.2, -0.15) is 0 Å². The molecule has 0 aromatic carbocycles. The van der Waals surface area contributed by atoms with Crippen LogP contribution in [-0.4, -0.2) is 11.7 Å². The maximum Gasteiger partial charge on any atom is 0.0459 e. The number of hydrogen-bond acceptors (Lipinski definition) is 1. The number of aliphatic hydroxyl groups excluding tert-OH is 1. The summed E-state index contributed by atoms with van der Waals surface area (Å²) in [5.74, 6) is 1.40. The smallest absolute Gasteiger partial charge is 0.0459 e. The summed E-state index contributed by atoms with van der Waals surface area (Å²) in [5.41, 5.74) is 0. The summed E-state index contributed by atoms with van der Waals surface area (Å²) >= 11 is 0. The Balaban J connectivity index is 2.16. The minimum Gasteiger partial charge on any atom is -0.396 e. The average molecular weight is 169 g/mol. The van der Waals surface area contributed by atoms with Crippen LogP contribution >= 0.6 is 0 Å². The molecular formula is C11H21O. The van der Waals surface area contributed by atoms with Gasteiger partial charge in [0.15, 0.2) is 0 Å². The van der Waals surface area contributed by atoms with Crippen molar-refractivity contribution in [3.05, 3.63) is 6.42 Å². The van der Waals surface area contributed by atoms with Crippen LogP contribution in [0.5, 0.6) is 0 Å². The Morgan fingerprint density at radius 3 is 2.92 bits per heavy atom. The summed E-state index contributed by atoms with van der Waals surface area (Å²) in [6.45, 7) is 2.62. The molecule has 12 heavy (non-hydrogen) atoms. The predicted molar refractivity (Wildman–Crippen MR) is 51.7 cm³/mol. The monoisotopic (exact) mass is 169 g/mol. The predicted octanol–water partition coefficient (Wildman–Crippen LogP) is 2.79. The zero-order valence-corrected chi connectivity index (χ0v) is 8.13. The normalized spacial score (nSPS) is 30.5. The minimum absolute atomic E-state index is 0.399. The van der Waals surface area contributed by atoms with Crippen LogP contribution in [-0.2, 0) is 0 Å². The lowest BCUT2D eigenvalue weighted by atomic mass is 9.79. The Hall–Kier alpha value is -0.0400. The number of rotatable bonds is 4. The van der Waals surface area contributed by atoms with E-state index in [1.807, 2.05) is 0 Å².